The van der Waals surface area contributed by atoms with Crippen LogP contribution in [0.1, 0.15) is 38.1 Å². The van der Waals surface area contributed by atoms with E-state index in [-0.39, 0.29) is 6.04 Å². The second kappa shape index (κ2) is 8.52. The molecule has 3 N–H and O–H groups in total. The predicted octanol–water partition coefficient (Wildman–Crippen LogP) is 2.92. The van der Waals surface area contributed by atoms with E-state index in [0.717, 1.165) is 5.69 Å². The average Bonchev–Trinajstić information content (AvgIpc) is 2.45. The summed E-state index contributed by atoms with van der Waals surface area (Å²) >= 11 is 0. The fourth-order valence-corrected chi connectivity index (χ4v) is 1.89. The normalized spacial score (nSPS) is 12.2. The van der Waals surface area contributed by atoms with E-state index in [9.17, 15) is 4.79 Å². The van der Waals surface area contributed by atoms with Gasteiger partial charge in [0.2, 0.25) is 0 Å². The number of ether oxygens (including phenoxy) is 2. The van der Waals surface area contributed by atoms with Gasteiger partial charge in [0, 0.05) is 18.0 Å². The van der Waals surface area contributed by atoms with Crippen molar-refractivity contribution in [3.63, 3.8) is 0 Å². The third-order valence-electron chi connectivity index (χ3n) is 3.21. The van der Waals surface area contributed by atoms with E-state index >= 15 is 0 Å². The number of hydrogen-bond acceptors (Lipinski definition) is 5. The quantitative estimate of drug-likeness (QED) is 0.569. The van der Waals surface area contributed by atoms with Gasteiger partial charge >= 0.3 is 5.97 Å². The number of nitrogens with one attached hydrogen (secondary N) is 1. The second-order valence-electron chi connectivity index (χ2n) is 5.18. The maximum atomic E-state index is 11.9. The fraction of sp³-hybridized carbons (Fsp3) is 0.562. The summed E-state index contributed by atoms with van der Waals surface area (Å²) in [5.74, 6) is 0.00435. The first kappa shape index (κ1) is 17.3. The number of nitrogen functional groups attached to an aromatic ring is 1. The topological polar surface area (TPSA) is 73.6 Å². The lowest BCUT2D eigenvalue weighted by molar-refractivity contribution is 0.0527. The molecule has 0 saturated heterocycles. The third kappa shape index (κ3) is 5.27. The molecule has 0 radical (unpaired) electrons. The number of benzene rings is 1. The van der Waals surface area contributed by atoms with Crippen LogP contribution in [0, 0.1) is 5.92 Å². The van der Waals surface area contributed by atoms with Crippen molar-refractivity contribution in [1.82, 2.24) is 0 Å². The Bertz CT molecular complexity index is 461. The van der Waals surface area contributed by atoms with Gasteiger partial charge in [-0.3, -0.25) is 0 Å². The summed E-state index contributed by atoms with van der Waals surface area (Å²) in [4.78, 5) is 11.9. The molecule has 1 rings (SSSR count). The summed E-state index contributed by atoms with van der Waals surface area (Å²) in [5, 5.41) is 3.39. The molecular weight excluding hydrogens is 268 g/mol. The predicted molar refractivity (Wildman–Crippen MR) is 85.6 cm³/mol. The average molecular weight is 294 g/mol. The maximum absolute atomic E-state index is 11.9. The number of carbonyl (C=O) groups is 1. The molecule has 0 amide bonds. The minimum atomic E-state index is -0.399. The van der Waals surface area contributed by atoms with Crippen molar-refractivity contribution in [2.24, 2.45) is 5.92 Å². The molecule has 118 valence electrons. The zero-order chi connectivity index (χ0) is 15.8. The zero-order valence-corrected chi connectivity index (χ0v) is 13.3. The molecule has 0 bridgehead atoms. The molecule has 0 aliphatic heterocycles. The molecule has 1 aromatic carbocycles. The van der Waals surface area contributed by atoms with Gasteiger partial charge < -0.3 is 20.5 Å². The molecule has 1 aromatic rings. The van der Waals surface area contributed by atoms with Crippen molar-refractivity contribution >= 4 is 17.3 Å². The number of esters is 1. The summed E-state index contributed by atoms with van der Waals surface area (Å²) in [6.07, 6.45) is 0. The highest BCUT2D eigenvalue weighted by Gasteiger charge is 2.16. The van der Waals surface area contributed by atoms with Gasteiger partial charge in [-0.25, -0.2) is 4.79 Å². The number of carbonyl (C=O) groups excluding carboxylic acids is 1. The van der Waals surface area contributed by atoms with Crippen LogP contribution in [0.5, 0.6) is 0 Å². The second-order valence-corrected chi connectivity index (χ2v) is 5.18. The van der Waals surface area contributed by atoms with Crippen LogP contribution in [0.15, 0.2) is 18.2 Å². The first-order valence-electron chi connectivity index (χ1n) is 7.40. The Morgan fingerprint density at radius 2 is 2.00 bits per heavy atom. The van der Waals surface area contributed by atoms with Crippen molar-refractivity contribution in [2.45, 2.75) is 33.7 Å². The monoisotopic (exact) mass is 294 g/mol. The van der Waals surface area contributed by atoms with Crippen LogP contribution in [0.2, 0.25) is 0 Å². The molecule has 1 atom stereocenters. The van der Waals surface area contributed by atoms with Crippen LogP contribution in [0.25, 0.3) is 0 Å². The fourth-order valence-electron chi connectivity index (χ4n) is 1.89. The molecule has 5 nitrogen and oxygen atoms in total. The van der Waals surface area contributed by atoms with Crippen LogP contribution >= 0.6 is 0 Å². The molecule has 0 heterocycles. The standard InChI is InChI=1S/C16H26N2O3/c1-5-20-10-15(11(3)4)18-12-7-8-14(17)13(9-12)16(19)21-6-2/h7-9,11,15,18H,5-6,10,17H2,1-4H3. The lowest BCUT2D eigenvalue weighted by Gasteiger charge is -2.23. The Hall–Kier alpha value is -1.75. The number of rotatable bonds is 8. The van der Waals surface area contributed by atoms with Crippen molar-refractivity contribution < 1.29 is 14.3 Å². The van der Waals surface area contributed by atoms with E-state index in [1.165, 1.54) is 0 Å². The van der Waals surface area contributed by atoms with E-state index in [0.29, 0.717) is 37.0 Å². The third-order valence-corrected chi connectivity index (χ3v) is 3.21. The zero-order valence-electron chi connectivity index (χ0n) is 13.3. The molecule has 0 spiro atoms. The van der Waals surface area contributed by atoms with Crippen LogP contribution in [-0.2, 0) is 9.47 Å². The Balaban J connectivity index is 2.87. The number of anilines is 2. The van der Waals surface area contributed by atoms with Gasteiger partial charge in [0.25, 0.3) is 0 Å². The molecule has 0 aliphatic carbocycles. The minimum Gasteiger partial charge on any atom is -0.462 e. The van der Waals surface area contributed by atoms with Gasteiger partial charge in [0.1, 0.15) is 0 Å². The highest BCUT2D eigenvalue weighted by Crippen LogP contribution is 2.21. The number of hydrogen-bond donors (Lipinski definition) is 2. The largest absolute Gasteiger partial charge is 0.462 e. The Kier molecular flexibility index (Phi) is 7.02. The summed E-state index contributed by atoms with van der Waals surface area (Å²) in [6, 6.07) is 5.48. The highest BCUT2D eigenvalue weighted by atomic mass is 16.5. The summed E-state index contributed by atoms with van der Waals surface area (Å²) in [5.41, 5.74) is 7.49. The minimum absolute atomic E-state index is 0.170. The molecule has 0 aliphatic rings. The smallest absolute Gasteiger partial charge is 0.340 e. The van der Waals surface area contributed by atoms with E-state index < -0.39 is 5.97 Å². The molecule has 1 unspecified atom stereocenters. The number of nitrogens with two attached hydrogens (primary N) is 1. The van der Waals surface area contributed by atoms with Gasteiger partial charge in [-0.05, 0) is 38.0 Å². The van der Waals surface area contributed by atoms with E-state index in [2.05, 4.69) is 19.2 Å². The van der Waals surface area contributed by atoms with Gasteiger partial charge in [0.05, 0.1) is 24.8 Å². The lowest BCUT2D eigenvalue weighted by atomic mass is 10.0. The molecule has 0 saturated carbocycles. The Morgan fingerprint density at radius 1 is 1.29 bits per heavy atom. The molecular formula is C16H26N2O3. The highest BCUT2D eigenvalue weighted by molar-refractivity contribution is 5.96. The van der Waals surface area contributed by atoms with Crippen molar-refractivity contribution in [3.05, 3.63) is 23.8 Å². The van der Waals surface area contributed by atoms with Crippen LogP contribution in [-0.4, -0.2) is 31.8 Å². The van der Waals surface area contributed by atoms with Crippen LogP contribution in [0.3, 0.4) is 0 Å². The summed E-state index contributed by atoms with van der Waals surface area (Å²) in [6.45, 7) is 9.62. The van der Waals surface area contributed by atoms with Crippen molar-refractivity contribution in [1.29, 1.82) is 0 Å². The summed E-state index contributed by atoms with van der Waals surface area (Å²) < 4.78 is 10.5. The van der Waals surface area contributed by atoms with Gasteiger partial charge in [-0.15, -0.1) is 0 Å². The van der Waals surface area contributed by atoms with Gasteiger partial charge in [0.15, 0.2) is 0 Å². The van der Waals surface area contributed by atoms with Crippen molar-refractivity contribution in [3.8, 4) is 0 Å². The summed E-state index contributed by atoms with van der Waals surface area (Å²) in [7, 11) is 0. The van der Waals surface area contributed by atoms with E-state index in [1.807, 2.05) is 13.0 Å². The molecule has 21 heavy (non-hydrogen) atoms. The first-order chi connectivity index (χ1) is 9.99. The van der Waals surface area contributed by atoms with E-state index in [4.69, 9.17) is 15.2 Å². The Morgan fingerprint density at radius 3 is 2.57 bits per heavy atom. The van der Waals surface area contributed by atoms with Gasteiger partial charge in [-0.2, -0.15) is 0 Å². The Labute approximate surface area is 126 Å². The van der Waals surface area contributed by atoms with Gasteiger partial charge in [-0.1, -0.05) is 13.8 Å². The van der Waals surface area contributed by atoms with E-state index in [1.54, 1.807) is 19.1 Å². The lowest BCUT2D eigenvalue weighted by Crippen LogP contribution is -2.31. The first-order valence-corrected chi connectivity index (χ1v) is 7.40. The van der Waals surface area contributed by atoms with Crippen LogP contribution < -0.4 is 11.1 Å². The van der Waals surface area contributed by atoms with Crippen molar-refractivity contribution in [2.75, 3.05) is 30.9 Å². The molecule has 0 fully saturated rings. The molecule has 0 aromatic heterocycles. The van der Waals surface area contributed by atoms with Crippen LogP contribution in [0.4, 0.5) is 11.4 Å². The SMILES string of the molecule is CCOCC(Nc1ccc(N)c(C(=O)OCC)c1)C(C)C. The maximum Gasteiger partial charge on any atom is 0.340 e. The molecule has 5 heteroatoms.